The Morgan fingerprint density at radius 3 is 2.65 bits per heavy atom. The molecule has 0 bridgehead atoms. The molecule has 20 heavy (non-hydrogen) atoms. The molecule has 2 aliphatic rings. The van der Waals surface area contributed by atoms with Crippen molar-refractivity contribution in [2.24, 2.45) is 5.92 Å². The van der Waals surface area contributed by atoms with E-state index in [0.717, 1.165) is 19.6 Å². The van der Waals surface area contributed by atoms with Crippen LogP contribution in [0.3, 0.4) is 0 Å². The lowest BCUT2D eigenvalue weighted by atomic mass is 9.74. The minimum Gasteiger partial charge on any atom is -0.499 e. The molecule has 0 aromatic heterocycles. The van der Waals surface area contributed by atoms with Gasteiger partial charge in [0.15, 0.2) is 0 Å². The van der Waals surface area contributed by atoms with Crippen LogP contribution in [-0.4, -0.2) is 31.5 Å². The van der Waals surface area contributed by atoms with E-state index in [-0.39, 0.29) is 5.60 Å². The van der Waals surface area contributed by atoms with E-state index in [1.165, 1.54) is 44.9 Å². The summed E-state index contributed by atoms with van der Waals surface area (Å²) in [6, 6.07) is 0. The Hall–Kier alpha value is -0.540. The van der Waals surface area contributed by atoms with Crippen molar-refractivity contribution >= 4 is 0 Å². The molecule has 0 aromatic carbocycles. The van der Waals surface area contributed by atoms with E-state index >= 15 is 0 Å². The molecule has 0 spiro atoms. The van der Waals surface area contributed by atoms with Crippen molar-refractivity contribution in [2.75, 3.05) is 19.8 Å². The van der Waals surface area contributed by atoms with Crippen LogP contribution in [0.2, 0.25) is 0 Å². The van der Waals surface area contributed by atoms with Gasteiger partial charge < -0.3 is 14.2 Å². The number of rotatable bonds is 10. The summed E-state index contributed by atoms with van der Waals surface area (Å²) in [5.41, 5.74) is -0.128. The van der Waals surface area contributed by atoms with Gasteiger partial charge in [-0.25, -0.2) is 0 Å². The molecule has 2 fully saturated rings. The minimum absolute atomic E-state index is 0.128. The highest BCUT2D eigenvalue weighted by Crippen LogP contribution is 2.39. The summed E-state index contributed by atoms with van der Waals surface area (Å²) in [4.78, 5) is 0. The first-order valence-electron chi connectivity index (χ1n) is 8.29. The zero-order valence-corrected chi connectivity index (χ0v) is 12.9. The monoisotopic (exact) mass is 282 g/mol. The molecule has 3 heteroatoms. The predicted molar refractivity (Wildman–Crippen MR) is 80.7 cm³/mol. The number of unbranched alkanes of at least 4 members (excludes halogenated alkanes) is 1. The van der Waals surface area contributed by atoms with Gasteiger partial charge in [0.05, 0.1) is 19.5 Å². The zero-order chi connectivity index (χ0) is 14.3. The highest BCUT2D eigenvalue weighted by molar-refractivity contribution is 4.91. The largest absolute Gasteiger partial charge is 0.499 e. The fraction of sp³-hybridized carbons (Fsp3) is 0.882. The molecule has 0 amide bonds. The van der Waals surface area contributed by atoms with Crippen LogP contribution in [0.25, 0.3) is 0 Å². The van der Waals surface area contributed by atoms with E-state index in [9.17, 15) is 0 Å². The zero-order valence-electron chi connectivity index (χ0n) is 12.9. The van der Waals surface area contributed by atoms with Crippen molar-refractivity contribution < 1.29 is 14.2 Å². The molecule has 0 N–H and O–H groups in total. The van der Waals surface area contributed by atoms with Gasteiger partial charge in [-0.2, -0.15) is 0 Å². The maximum Gasteiger partial charge on any atom is 0.116 e. The second-order valence-corrected chi connectivity index (χ2v) is 6.25. The third-order valence-electron chi connectivity index (χ3n) is 4.71. The molecule has 1 aliphatic carbocycles. The first-order valence-corrected chi connectivity index (χ1v) is 8.29. The van der Waals surface area contributed by atoms with E-state index in [1.807, 2.05) is 0 Å². The predicted octanol–water partition coefficient (Wildman–Crippen LogP) is 4.07. The molecule has 1 saturated carbocycles. The van der Waals surface area contributed by atoms with E-state index in [2.05, 4.69) is 13.5 Å². The second-order valence-electron chi connectivity index (χ2n) is 6.25. The van der Waals surface area contributed by atoms with Gasteiger partial charge in [-0.05, 0) is 25.2 Å². The Morgan fingerprint density at radius 1 is 1.30 bits per heavy atom. The van der Waals surface area contributed by atoms with Crippen LogP contribution in [-0.2, 0) is 14.2 Å². The lowest BCUT2D eigenvalue weighted by Gasteiger charge is -2.42. The van der Waals surface area contributed by atoms with Crippen LogP contribution < -0.4 is 0 Å². The molecule has 2 atom stereocenters. The van der Waals surface area contributed by atoms with Crippen LogP contribution in [0, 0.1) is 5.92 Å². The van der Waals surface area contributed by atoms with Gasteiger partial charge in [0.2, 0.25) is 0 Å². The molecule has 1 saturated heterocycles. The Labute approximate surface area is 123 Å². The summed E-state index contributed by atoms with van der Waals surface area (Å²) in [6.07, 6.45) is 11.9. The lowest BCUT2D eigenvalue weighted by molar-refractivity contribution is -0.135. The smallest absolute Gasteiger partial charge is 0.116 e. The molecule has 0 aromatic rings. The van der Waals surface area contributed by atoms with Crippen molar-refractivity contribution in [3.8, 4) is 0 Å². The van der Waals surface area contributed by atoms with Crippen LogP contribution in [0.5, 0.6) is 0 Å². The van der Waals surface area contributed by atoms with Gasteiger partial charge in [0.25, 0.3) is 0 Å². The average molecular weight is 282 g/mol. The Morgan fingerprint density at radius 2 is 2.05 bits per heavy atom. The highest BCUT2D eigenvalue weighted by Gasteiger charge is 2.42. The van der Waals surface area contributed by atoms with Gasteiger partial charge in [0.1, 0.15) is 18.3 Å². The Bertz CT molecular complexity index is 282. The summed E-state index contributed by atoms with van der Waals surface area (Å²) in [6.45, 7) is 8.16. The number of ether oxygens (including phenoxy) is 3. The maximum atomic E-state index is 6.40. The lowest BCUT2D eigenvalue weighted by Crippen LogP contribution is -2.46. The molecule has 1 heterocycles. The Balaban J connectivity index is 2.02. The van der Waals surface area contributed by atoms with E-state index in [1.54, 1.807) is 6.26 Å². The molecular formula is C17H30O3. The highest BCUT2D eigenvalue weighted by atomic mass is 16.6. The van der Waals surface area contributed by atoms with Crippen molar-refractivity contribution in [1.82, 2.24) is 0 Å². The van der Waals surface area contributed by atoms with Crippen LogP contribution >= 0.6 is 0 Å². The SMILES string of the molecule is C=COCC(CCCC)(OCC1CO1)C1CCCCC1. The molecule has 2 rings (SSSR count). The molecule has 1 aliphatic heterocycles. The van der Waals surface area contributed by atoms with Crippen molar-refractivity contribution in [3.05, 3.63) is 12.8 Å². The van der Waals surface area contributed by atoms with E-state index < -0.39 is 0 Å². The van der Waals surface area contributed by atoms with Gasteiger partial charge in [-0.3, -0.25) is 0 Å². The van der Waals surface area contributed by atoms with E-state index in [4.69, 9.17) is 14.2 Å². The fourth-order valence-electron chi connectivity index (χ4n) is 3.35. The standard InChI is InChI=1S/C17H30O3/c1-3-5-11-17(14-18-4-2,20-13-16-12-19-16)15-9-7-6-8-10-15/h4,15-16H,2-3,5-14H2,1H3. The Kier molecular flexibility index (Phi) is 6.37. The molecule has 2 unspecified atom stereocenters. The van der Waals surface area contributed by atoms with Crippen LogP contribution in [0.15, 0.2) is 12.8 Å². The summed E-state index contributed by atoms with van der Waals surface area (Å²) >= 11 is 0. The molecule has 0 radical (unpaired) electrons. The fourth-order valence-corrected chi connectivity index (χ4v) is 3.35. The molecule has 3 nitrogen and oxygen atoms in total. The summed E-state index contributed by atoms with van der Waals surface area (Å²) in [5.74, 6) is 0.626. The quantitative estimate of drug-likeness (QED) is 0.447. The minimum atomic E-state index is -0.128. The van der Waals surface area contributed by atoms with Crippen molar-refractivity contribution in [2.45, 2.75) is 70.0 Å². The van der Waals surface area contributed by atoms with Gasteiger partial charge in [-0.1, -0.05) is 45.6 Å². The van der Waals surface area contributed by atoms with Crippen LogP contribution in [0.1, 0.15) is 58.3 Å². The van der Waals surface area contributed by atoms with Gasteiger partial charge in [-0.15, -0.1) is 0 Å². The first kappa shape index (κ1) is 15.8. The van der Waals surface area contributed by atoms with Crippen molar-refractivity contribution in [1.29, 1.82) is 0 Å². The van der Waals surface area contributed by atoms with Gasteiger partial charge >= 0.3 is 0 Å². The van der Waals surface area contributed by atoms with Crippen LogP contribution in [0.4, 0.5) is 0 Å². The average Bonchev–Trinajstić information content (AvgIpc) is 3.32. The third-order valence-corrected chi connectivity index (χ3v) is 4.71. The van der Waals surface area contributed by atoms with Gasteiger partial charge in [0, 0.05) is 0 Å². The molecular weight excluding hydrogens is 252 g/mol. The van der Waals surface area contributed by atoms with E-state index in [0.29, 0.717) is 18.6 Å². The summed E-state index contributed by atoms with van der Waals surface area (Å²) in [7, 11) is 0. The second kappa shape index (κ2) is 8.04. The number of hydrogen-bond acceptors (Lipinski definition) is 3. The summed E-state index contributed by atoms with van der Waals surface area (Å²) < 4.78 is 17.3. The first-order chi connectivity index (χ1) is 9.80. The third kappa shape index (κ3) is 4.49. The summed E-state index contributed by atoms with van der Waals surface area (Å²) in [5, 5.41) is 0. The molecule has 116 valence electrons. The maximum absolute atomic E-state index is 6.40. The number of epoxide rings is 1. The topological polar surface area (TPSA) is 31.0 Å². The van der Waals surface area contributed by atoms with Crippen molar-refractivity contribution in [3.63, 3.8) is 0 Å². The number of hydrogen-bond donors (Lipinski definition) is 0. The normalized spacial score (nSPS) is 25.9.